The highest BCUT2D eigenvalue weighted by Gasteiger charge is 2.40. The number of benzene rings is 1. The summed E-state index contributed by atoms with van der Waals surface area (Å²) in [5.41, 5.74) is 1.07. The van der Waals surface area contributed by atoms with E-state index in [0.29, 0.717) is 29.8 Å². The molecular weight excluding hydrogens is 334 g/mol. The predicted molar refractivity (Wildman–Crippen MR) is 95.8 cm³/mol. The van der Waals surface area contributed by atoms with Gasteiger partial charge in [-0.1, -0.05) is 43.4 Å². The lowest BCUT2D eigenvalue weighted by Gasteiger charge is -2.24. The molecule has 0 aliphatic carbocycles. The third kappa shape index (κ3) is 4.13. The van der Waals surface area contributed by atoms with Gasteiger partial charge in [-0.25, -0.2) is 8.42 Å². The summed E-state index contributed by atoms with van der Waals surface area (Å²) < 4.78 is 27.3. The highest BCUT2D eigenvalue weighted by molar-refractivity contribution is 7.89. The van der Waals surface area contributed by atoms with Crippen LogP contribution in [-0.2, 0) is 10.0 Å². The maximum absolute atomic E-state index is 12.8. The fourth-order valence-electron chi connectivity index (χ4n) is 3.14. The van der Waals surface area contributed by atoms with E-state index in [0.717, 1.165) is 11.6 Å². The first-order valence-corrected chi connectivity index (χ1v) is 13.4. The number of alkyl halides is 1. The summed E-state index contributed by atoms with van der Waals surface area (Å²) in [6, 6.07) is 8.23. The zero-order valence-electron chi connectivity index (χ0n) is 13.8. The first kappa shape index (κ1) is 18.0. The number of sulfonamides is 1. The smallest absolute Gasteiger partial charge is 0.207 e. The normalized spacial score (nSPS) is 23.9. The Labute approximate surface area is 140 Å². The molecule has 22 heavy (non-hydrogen) atoms. The molecule has 0 saturated carbocycles. The molecule has 1 fully saturated rings. The first-order chi connectivity index (χ1) is 10.1. The second-order valence-corrected chi connectivity index (χ2v) is 15.4. The quantitative estimate of drug-likeness (QED) is 0.592. The van der Waals surface area contributed by atoms with Crippen molar-refractivity contribution in [2.75, 3.05) is 19.0 Å². The van der Waals surface area contributed by atoms with E-state index in [1.165, 1.54) is 0 Å². The number of nitrogens with zero attached hydrogens (tertiary/aromatic N) is 1. The summed E-state index contributed by atoms with van der Waals surface area (Å²) in [7, 11) is -4.63. The van der Waals surface area contributed by atoms with Crippen molar-refractivity contribution in [3.63, 3.8) is 0 Å². The van der Waals surface area contributed by atoms with Crippen LogP contribution in [-0.4, -0.2) is 39.8 Å². The largest absolute Gasteiger partial charge is 0.243 e. The molecule has 1 aromatic carbocycles. The zero-order valence-corrected chi connectivity index (χ0v) is 16.4. The topological polar surface area (TPSA) is 37.4 Å². The molecule has 1 aliphatic heterocycles. The summed E-state index contributed by atoms with van der Waals surface area (Å²) in [6.45, 7) is 10.1. The molecule has 1 aromatic rings. The number of hydrogen-bond donors (Lipinski definition) is 0. The van der Waals surface area contributed by atoms with Crippen LogP contribution in [0.25, 0.3) is 0 Å². The average molecular weight is 360 g/mol. The van der Waals surface area contributed by atoms with E-state index >= 15 is 0 Å². The Hall–Kier alpha value is -0.363. The molecule has 1 saturated heterocycles. The van der Waals surface area contributed by atoms with Gasteiger partial charge in [-0.2, -0.15) is 4.31 Å². The van der Waals surface area contributed by atoms with Crippen molar-refractivity contribution >= 4 is 29.7 Å². The Morgan fingerprint density at radius 1 is 1.14 bits per heavy atom. The minimum atomic E-state index is -3.40. The van der Waals surface area contributed by atoms with Crippen LogP contribution in [0, 0.1) is 18.8 Å². The lowest BCUT2D eigenvalue weighted by molar-refractivity contribution is 0.463. The van der Waals surface area contributed by atoms with Crippen molar-refractivity contribution in [2.24, 2.45) is 11.8 Å². The number of rotatable bonds is 5. The van der Waals surface area contributed by atoms with Gasteiger partial charge in [0.25, 0.3) is 0 Å². The maximum Gasteiger partial charge on any atom is 0.243 e. The van der Waals surface area contributed by atoms with Crippen LogP contribution in [0.5, 0.6) is 0 Å². The van der Waals surface area contributed by atoms with Crippen molar-refractivity contribution in [3.8, 4) is 0 Å². The molecule has 6 heteroatoms. The fraction of sp³-hybridized carbons (Fsp3) is 0.625. The molecule has 0 spiro atoms. The summed E-state index contributed by atoms with van der Waals surface area (Å²) in [4.78, 5) is 0.389. The van der Waals surface area contributed by atoms with E-state index in [9.17, 15) is 8.42 Å². The predicted octanol–water partition coefficient (Wildman–Crippen LogP) is 3.81. The van der Waals surface area contributed by atoms with Gasteiger partial charge in [0, 0.05) is 27.0 Å². The Morgan fingerprint density at radius 3 is 2.18 bits per heavy atom. The molecule has 1 aliphatic rings. The summed E-state index contributed by atoms with van der Waals surface area (Å²) in [5.74, 6) is 1.20. The molecule has 124 valence electrons. The highest BCUT2D eigenvalue weighted by Crippen LogP contribution is 2.34. The Kier molecular flexibility index (Phi) is 5.42. The van der Waals surface area contributed by atoms with Gasteiger partial charge in [-0.3, -0.25) is 0 Å². The fourth-order valence-corrected chi connectivity index (χ4v) is 7.08. The van der Waals surface area contributed by atoms with Gasteiger partial charge in [0.15, 0.2) is 0 Å². The minimum absolute atomic E-state index is 0.272. The van der Waals surface area contributed by atoms with Gasteiger partial charge in [0.1, 0.15) is 0 Å². The summed E-state index contributed by atoms with van der Waals surface area (Å²) in [5, 5.41) is 0. The molecule has 2 atom stereocenters. The van der Waals surface area contributed by atoms with E-state index in [4.69, 9.17) is 11.6 Å². The molecule has 0 amide bonds. The molecule has 0 unspecified atom stereocenters. The van der Waals surface area contributed by atoms with Crippen molar-refractivity contribution in [1.29, 1.82) is 0 Å². The van der Waals surface area contributed by atoms with E-state index < -0.39 is 18.1 Å². The van der Waals surface area contributed by atoms with Crippen LogP contribution in [0.2, 0.25) is 25.7 Å². The Balaban J connectivity index is 2.21. The van der Waals surface area contributed by atoms with E-state index in [1.54, 1.807) is 16.4 Å². The minimum Gasteiger partial charge on any atom is -0.207 e. The zero-order chi connectivity index (χ0) is 16.5. The lowest BCUT2D eigenvalue weighted by Crippen LogP contribution is -2.30. The molecule has 2 rings (SSSR count). The van der Waals surface area contributed by atoms with Crippen LogP contribution in [0.1, 0.15) is 5.56 Å². The Morgan fingerprint density at radius 2 is 1.68 bits per heavy atom. The third-order valence-corrected chi connectivity index (χ3v) is 8.27. The molecule has 0 aromatic heterocycles. The van der Waals surface area contributed by atoms with Crippen molar-refractivity contribution in [3.05, 3.63) is 29.8 Å². The average Bonchev–Trinajstić information content (AvgIpc) is 2.80. The van der Waals surface area contributed by atoms with Crippen LogP contribution in [0.4, 0.5) is 0 Å². The standard InChI is InChI=1S/C16H26ClNO2SSi/c1-13-5-7-16(8-6-13)21(19,20)18-10-14(9-17)15(11-18)12-22(2,3)4/h5-8,14-15H,9-12H2,1-4H3/t14-,15-/m1/s1. The van der Waals surface area contributed by atoms with Crippen molar-refractivity contribution in [2.45, 2.75) is 37.5 Å². The van der Waals surface area contributed by atoms with Crippen LogP contribution in [0.15, 0.2) is 29.2 Å². The van der Waals surface area contributed by atoms with Crippen LogP contribution >= 0.6 is 11.6 Å². The van der Waals surface area contributed by atoms with Crippen LogP contribution in [0.3, 0.4) is 0 Å². The lowest BCUT2D eigenvalue weighted by atomic mass is 10.0. The summed E-state index contributed by atoms with van der Waals surface area (Å²) >= 11 is 6.11. The van der Waals surface area contributed by atoms with Gasteiger partial charge in [-0.05, 0) is 30.9 Å². The monoisotopic (exact) mass is 359 g/mol. The number of hydrogen-bond acceptors (Lipinski definition) is 2. The molecule has 0 N–H and O–H groups in total. The second-order valence-electron chi connectivity index (χ2n) is 7.57. The highest BCUT2D eigenvalue weighted by atomic mass is 35.5. The van der Waals surface area contributed by atoms with Gasteiger partial charge in [0.2, 0.25) is 10.0 Å². The van der Waals surface area contributed by atoms with Crippen LogP contribution < -0.4 is 0 Å². The van der Waals surface area contributed by atoms with E-state index in [2.05, 4.69) is 19.6 Å². The van der Waals surface area contributed by atoms with Gasteiger partial charge < -0.3 is 0 Å². The van der Waals surface area contributed by atoms with Gasteiger partial charge >= 0.3 is 0 Å². The van der Waals surface area contributed by atoms with E-state index in [-0.39, 0.29) is 5.92 Å². The van der Waals surface area contributed by atoms with Gasteiger partial charge in [0.05, 0.1) is 4.90 Å². The molecule has 1 heterocycles. The SMILES string of the molecule is Cc1ccc(S(=O)(=O)N2C[C@@H](CCl)[C@@H](C[Si](C)(C)C)C2)cc1. The van der Waals surface area contributed by atoms with Crippen molar-refractivity contribution < 1.29 is 8.42 Å². The Bertz CT molecular complexity index is 610. The molecule has 0 radical (unpaired) electrons. The van der Waals surface area contributed by atoms with Crippen molar-refractivity contribution in [1.82, 2.24) is 4.31 Å². The summed E-state index contributed by atoms with van der Waals surface area (Å²) in [6.07, 6.45) is 0. The number of halogens is 1. The maximum atomic E-state index is 12.8. The molecule has 3 nitrogen and oxygen atoms in total. The second kappa shape index (κ2) is 6.63. The first-order valence-electron chi connectivity index (χ1n) is 7.76. The van der Waals surface area contributed by atoms with Gasteiger partial charge in [-0.15, -0.1) is 11.6 Å². The molecular formula is C16H26ClNO2SSi. The number of aryl methyl sites for hydroxylation is 1. The third-order valence-electron chi connectivity index (χ3n) is 4.27. The molecule has 0 bridgehead atoms. The van der Waals surface area contributed by atoms with E-state index in [1.807, 2.05) is 19.1 Å².